The molecule has 0 amide bonds. The normalized spacial score (nSPS) is 11.5. The van der Waals surface area contributed by atoms with E-state index in [1.807, 2.05) is 32.9 Å². The Morgan fingerprint density at radius 1 is 0.818 bits per heavy atom. The molecule has 22 heavy (non-hydrogen) atoms. The number of rotatable bonds is 3. The summed E-state index contributed by atoms with van der Waals surface area (Å²) >= 11 is 17.7. The molecule has 2 rings (SSSR count). The van der Waals surface area contributed by atoms with Gasteiger partial charge in [-0.15, -0.1) is 0 Å². The average molecular weight is 379 g/mol. The second kappa shape index (κ2) is 6.28. The van der Waals surface area contributed by atoms with E-state index in [0.29, 0.717) is 5.69 Å². The van der Waals surface area contributed by atoms with Crippen LogP contribution >= 0.6 is 34.8 Å². The maximum absolute atomic E-state index is 12.6. The monoisotopic (exact) mass is 377 g/mol. The van der Waals surface area contributed by atoms with Gasteiger partial charge in [0, 0.05) is 0 Å². The molecule has 0 unspecified atom stereocenters. The molecule has 0 saturated heterocycles. The summed E-state index contributed by atoms with van der Waals surface area (Å²) in [5.41, 5.74) is 3.26. The number of halogens is 3. The summed E-state index contributed by atoms with van der Waals surface area (Å²) in [6.45, 7) is 5.64. The van der Waals surface area contributed by atoms with Gasteiger partial charge in [-0.25, -0.2) is 8.42 Å². The molecule has 0 fully saturated rings. The first-order valence-corrected chi connectivity index (χ1v) is 8.98. The van der Waals surface area contributed by atoms with Gasteiger partial charge in [0.15, 0.2) is 0 Å². The second-order valence-corrected chi connectivity index (χ2v) is 7.95. The first kappa shape index (κ1) is 17.4. The zero-order valence-electron chi connectivity index (χ0n) is 12.2. The van der Waals surface area contributed by atoms with Crippen molar-refractivity contribution in [2.24, 2.45) is 0 Å². The van der Waals surface area contributed by atoms with E-state index in [0.717, 1.165) is 16.7 Å². The third-order valence-corrected chi connectivity index (χ3v) is 5.71. The number of hydrogen-bond acceptors (Lipinski definition) is 2. The van der Waals surface area contributed by atoms with Gasteiger partial charge in [0.25, 0.3) is 10.0 Å². The zero-order chi connectivity index (χ0) is 16.7. The van der Waals surface area contributed by atoms with Crippen molar-refractivity contribution >= 4 is 50.5 Å². The fraction of sp³-hybridized carbons (Fsp3) is 0.200. The standard InChI is InChI=1S/C15H14Cl3NO2S/c1-8-4-9(2)15(10(3)5-8)19-22(20,21)14-7-12(17)11(16)6-13(14)18/h4-7,19H,1-3H3. The molecule has 0 bridgehead atoms. The van der Waals surface area contributed by atoms with Crippen molar-refractivity contribution in [1.29, 1.82) is 0 Å². The molecule has 0 aliphatic carbocycles. The van der Waals surface area contributed by atoms with Gasteiger partial charge in [0.2, 0.25) is 0 Å². The molecule has 0 spiro atoms. The van der Waals surface area contributed by atoms with Gasteiger partial charge in [0.1, 0.15) is 4.90 Å². The third kappa shape index (κ3) is 3.51. The van der Waals surface area contributed by atoms with E-state index in [2.05, 4.69) is 4.72 Å². The number of benzene rings is 2. The Morgan fingerprint density at radius 3 is 1.86 bits per heavy atom. The van der Waals surface area contributed by atoms with Gasteiger partial charge >= 0.3 is 0 Å². The van der Waals surface area contributed by atoms with Crippen molar-refractivity contribution in [1.82, 2.24) is 0 Å². The molecular weight excluding hydrogens is 365 g/mol. The van der Waals surface area contributed by atoms with Gasteiger partial charge in [-0.3, -0.25) is 4.72 Å². The highest BCUT2D eigenvalue weighted by molar-refractivity contribution is 7.92. The van der Waals surface area contributed by atoms with E-state index in [1.54, 1.807) is 0 Å². The van der Waals surface area contributed by atoms with E-state index in [9.17, 15) is 8.42 Å². The molecule has 0 atom stereocenters. The third-order valence-electron chi connectivity index (χ3n) is 3.18. The predicted molar refractivity (Wildman–Crippen MR) is 92.9 cm³/mol. The van der Waals surface area contributed by atoms with Crippen LogP contribution in [-0.2, 0) is 10.0 Å². The lowest BCUT2D eigenvalue weighted by molar-refractivity contribution is 0.601. The number of anilines is 1. The molecule has 1 N–H and O–H groups in total. The van der Waals surface area contributed by atoms with Gasteiger partial charge in [0.05, 0.1) is 20.8 Å². The minimum atomic E-state index is -3.87. The van der Waals surface area contributed by atoms with Crippen LogP contribution in [0.5, 0.6) is 0 Å². The summed E-state index contributed by atoms with van der Waals surface area (Å²) in [7, 11) is -3.87. The molecule has 118 valence electrons. The van der Waals surface area contributed by atoms with Crippen LogP contribution in [0.4, 0.5) is 5.69 Å². The maximum atomic E-state index is 12.6. The van der Waals surface area contributed by atoms with Crippen LogP contribution in [0.1, 0.15) is 16.7 Å². The highest BCUT2D eigenvalue weighted by atomic mass is 35.5. The smallest absolute Gasteiger partial charge is 0.263 e. The van der Waals surface area contributed by atoms with Crippen molar-refractivity contribution < 1.29 is 8.42 Å². The van der Waals surface area contributed by atoms with Crippen molar-refractivity contribution in [3.05, 3.63) is 56.0 Å². The summed E-state index contributed by atoms with van der Waals surface area (Å²) in [6, 6.07) is 6.37. The fourth-order valence-corrected chi connectivity index (χ4v) is 4.45. The van der Waals surface area contributed by atoms with Gasteiger partial charge in [-0.1, -0.05) is 52.5 Å². The Labute approximate surface area is 145 Å². The second-order valence-electron chi connectivity index (χ2n) is 5.08. The Hall–Kier alpha value is -0.940. The largest absolute Gasteiger partial charge is 0.279 e. The van der Waals surface area contributed by atoms with Gasteiger partial charge in [-0.2, -0.15) is 0 Å². The Bertz CT molecular complexity index is 825. The lowest BCUT2D eigenvalue weighted by Crippen LogP contribution is -2.15. The Morgan fingerprint density at radius 2 is 1.32 bits per heavy atom. The van der Waals surface area contributed by atoms with Gasteiger partial charge < -0.3 is 0 Å². The van der Waals surface area contributed by atoms with Crippen LogP contribution in [0.2, 0.25) is 15.1 Å². The summed E-state index contributed by atoms with van der Waals surface area (Å²) in [4.78, 5) is -0.108. The summed E-state index contributed by atoms with van der Waals surface area (Å²) in [5.74, 6) is 0. The van der Waals surface area contributed by atoms with E-state index in [1.165, 1.54) is 12.1 Å². The quantitative estimate of drug-likeness (QED) is 0.729. The van der Waals surface area contributed by atoms with Crippen LogP contribution < -0.4 is 4.72 Å². The molecule has 0 aliphatic heterocycles. The molecule has 0 aliphatic rings. The minimum absolute atomic E-state index is 0.0179. The van der Waals surface area contributed by atoms with Crippen molar-refractivity contribution in [2.45, 2.75) is 25.7 Å². The van der Waals surface area contributed by atoms with Crippen molar-refractivity contribution in [3.8, 4) is 0 Å². The summed E-state index contributed by atoms with van der Waals surface area (Å²) in [5, 5.41) is 0.349. The molecule has 2 aromatic rings. The average Bonchev–Trinajstić information content (AvgIpc) is 2.38. The predicted octanol–water partition coefficient (Wildman–Crippen LogP) is 5.37. The van der Waals surface area contributed by atoms with Crippen LogP contribution in [0.25, 0.3) is 0 Å². The van der Waals surface area contributed by atoms with E-state index in [-0.39, 0.29) is 20.0 Å². The van der Waals surface area contributed by atoms with E-state index >= 15 is 0 Å². The van der Waals surface area contributed by atoms with Crippen LogP contribution in [0, 0.1) is 20.8 Å². The van der Waals surface area contributed by atoms with E-state index in [4.69, 9.17) is 34.8 Å². The molecule has 0 radical (unpaired) electrons. The number of hydrogen-bond donors (Lipinski definition) is 1. The first-order chi connectivity index (χ1) is 10.1. The molecule has 3 nitrogen and oxygen atoms in total. The molecule has 7 heteroatoms. The molecule has 0 heterocycles. The van der Waals surface area contributed by atoms with Gasteiger partial charge in [-0.05, 0) is 44.0 Å². The number of sulfonamides is 1. The SMILES string of the molecule is Cc1cc(C)c(NS(=O)(=O)c2cc(Cl)c(Cl)cc2Cl)c(C)c1. The number of aryl methyl sites for hydroxylation is 3. The van der Waals surface area contributed by atoms with Crippen molar-refractivity contribution in [3.63, 3.8) is 0 Å². The maximum Gasteiger partial charge on any atom is 0.263 e. The van der Waals surface area contributed by atoms with Crippen LogP contribution in [0.15, 0.2) is 29.2 Å². The van der Waals surface area contributed by atoms with Crippen LogP contribution in [0.3, 0.4) is 0 Å². The lowest BCUT2D eigenvalue weighted by Gasteiger charge is -2.15. The number of nitrogens with one attached hydrogen (secondary N) is 1. The lowest BCUT2D eigenvalue weighted by atomic mass is 10.1. The van der Waals surface area contributed by atoms with E-state index < -0.39 is 10.0 Å². The first-order valence-electron chi connectivity index (χ1n) is 6.37. The Kier molecular flexibility index (Phi) is 4.97. The highest BCUT2D eigenvalue weighted by Gasteiger charge is 2.21. The fourth-order valence-electron chi connectivity index (χ4n) is 2.24. The Balaban J connectivity index is 2.52. The minimum Gasteiger partial charge on any atom is -0.279 e. The molecule has 0 aromatic heterocycles. The zero-order valence-corrected chi connectivity index (χ0v) is 15.3. The summed E-state index contributed by atoms with van der Waals surface area (Å²) < 4.78 is 27.7. The molecule has 2 aromatic carbocycles. The van der Waals surface area contributed by atoms with Crippen LogP contribution in [-0.4, -0.2) is 8.42 Å². The topological polar surface area (TPSA) is 46.2 Å². The summed E-state index contributed by atoms with van der Waals surface area (Å²) in [6.07, 6.45) is 0. The highest BCUT2D eigenvalue weighted by Crippen LogP contribution is 2.33. The molecular formula is C15H14Cl3NO2S. The molecule has 0 saturated carbocycles. The van der Waals surface area contributed by atoms with Crippen molar-refractivity contribution in [2.75, 3.05) is 4.72 Å².